The van der Waals surface area contributed by atoms with Crippen LogP contribution in [0.5, 0.6) is 0 Å². The van der Waals surface area contributed by atoms with E-state index < -0.39 is 5.97 Å². The van der Waals surface area contributed by atoms with Gasteiger partial charge in [-0.05, 0) is 45.0 Å². The minimum Gasteiger partial charge on any atom is -0.477 e. The third-order valence-corrected chi connectivity index (χ3v) is 5.53. The number of rotatable bonds is 6. The van der Waals surface area contributed by atoms with Crippen LogP contribution in [0.3, 0.4) is 0 Å². The lowest BCUT2D eigenvalue weighted by Crippen LogP contribution is -2.08. The van der Waals surface area contributed by atoms with Gasteiger partial charge in [-0.3, -0.25) is 14.8 Å². The number of nitrogens with two attached hydrogens (primary N) is 1. The molecule has 166 valence electrons. The Morgan fingerprint density at radius 3 is 2.42 bits per heavy atom. The molecule has 4 rings (SSSR count). The molecule has 0 aliphatic heterocycles. The van der Waals surface area contributed by atoms with Gasteiger partial charge in [0, 0.05) is 52.7 Å². The molecule has 1 atom stereocenters. The average Bonchev–Trinajstić information content (AvgIpc) is 3.17. The Morgan fingerprint density at radius 1 is 1.06 bits per heavy atom. The smallest absolute Gasteiger partial charge is 0.354 e. The van der Waals surface area contributed by atoms with Crippen molar-refractivity contribution in [3.63, 3.8) is 0 Å². The minimum absolute atomic E-state index is 0.0331. The average molecular weight is 441 g/mol. The summed E-state index contributed by atoms with van der Waals surface area (Å²) in [6.45, 7) is 5.20. The van der Waals surface area contributed by atoms with E-state index in [-0.39, 0.29) is 17.5 Å². The van der Waals surface area contributed by atoms with Crippen LogP contribution < -0.4 is 5.73 Å². The summed E-state index contributed by atoms with van der Waals surface area (Å²) >= 11 is 0. The fourth-order valence-corrected chi connectivity index (χ4v) is 3.95. The highest BCUT2D eigenvalue weighted by Crippen LogP contribution is 2.34. The second-order valence-electron chi connectivity index (χ2n) is 7.82. The van der Waals surface area contributed by atoms with Gasteiger partial charge in [0.25, 0.3) is 0 Å². The second-order valence-corrected chi connectivity index (χ2v) is 7.82. The summed E-state index contributed by atoms with van der Waals surface area (Å²) < 4.78 is 2.04. The van der Waals surface area contributed by atoms with Gasteiger partial charge in [0.05, 0.1) is 22.8 Å². The molecule has 0 amide bonds. The molecule has 3 N–H and O–H groups in total. The number of carbonyl (C=O) groups is 2. The first-order valence-electron chi connectivity index (χ1n) is 10.4. The van der Waals surface area contributed by atoms with Gasteiger partial charge in [0.15, 0.2) is 5.78 Å². The van der Waals surface area contributed by atoms with Crippen LogP contribution in [-0.4, -0.2) is 36.4 Å². The zero-order valence-corrected chi connectivity index (χ0v) is 18.5. The fourth-order valence-electron chi connectivity index (χ4n) is 3.95. The van der Waals surface area contributed by atoms with Gasteiger partial charge in [-0.25, -0.2) is 9.78 Å². The summed E-state index contributed by atoms with van der Waals surface area (Å²) in [5, 5.41) is 9.17. The first kappa shape index (κ1) is 21.9. The number of fused-ring (bicyclic) bond motifs is 1. The first-order valence-corrected chi connectivity index (χ1v) is 10.4. The van der Waals surface area contributed by atoms with Gasteiger partial charge in [0.1, 0.15) is 5.69 Å². The van der Waals surface area contributed by atoms with E-state index in [4.69, 9.17) is 10.8 Å². The van der Waals surface area contributed by atoms with Crippen molar-refractivity contribution in [1.29, 1.82) is 0 Å². The largest absolute Gasteiger partial charge is 0.477 e. The van der Waals surface area contributed by atoms with Gasteiger partial charge >= 0.3 is 5.97 Å². The summed E-state index contributed by atoms with van der Waals surface area (Å²) in [5.74, 6) is -1.23. The fraction of sp³-hybridized carbons (Fsp3) is 0.160. The standard InChI is InChI=1S/C25H23N5O3/c1-14(26)23(16(3)31)18-10-22-24(29-12-18)19(17-7-8-21(25(32)33)28-11-17)13-30(22)15(2)20-6-4-5-9-27-20/h4-13,15H,26H2,1-3H3,(H,32,33)/t15-/m0/s1. The first-order chi connectivity index (χ1) is 15.8. The Bertz CT molecular complexity index is 1390. The van der Waals surface area contributed by atoms with E-state index in [1.54, 1.807) is 25.4 Å². The lowest BCUT2D eigenvalue weighted by molar-refractivity contribution is -0.111. The number of Topliss-reactive ketones (excluding diaryl/α,β-unsaturated/α-hetero) is 1. The van der Waals surface area contributed by atoms with Crippen molar-refractivity contribution in [2.75, 3.05) is 0 Å². The Kier molecular flexibility index (Phi) is 5.74. The molecule has 33 heavy (non-hydrogen) atoms. The molecular weight excluding hydrogens is 418 g/mol. The Labute approximate surface area is 190 Å². The third kappa shape index (κ3) is 4.10. The lowest BCUT2D eigenvalue weighted by Gasteiger charge is -2.15. The molecule has 0 fully saturated rings. The highest BCUT2D eigenvalue weighted by molar-refractivity contribution is 6.20. The maximum absolute atomic E-state index is 12.2. The number of aromatic carboxylic acids is 1. The van der Waals surface area contributed by atoms with Crippen molar-refractivity contribution in [3.05, 3.63) is 83.8 Å². The van der Waals surface area contributed by atoms with Crippen LogP contribution in [0.15, 0.2) is 66.9 Å². The van der Waals surface area contributed by atoms with Crippen LogP contribution in [0.1, 0.15) is 48.6 Å². The summed E-state index contributed by atoms with van der Waals surface area (Å²) in [6, 6.07) is 10.7. The number of allylic oxidation sites excluding steroid dienone is 2. The molecule has 0 radical (unpaired) electrons. The van der Waals surface area contributed by atoms with Gasteiger partial charge < -0.3 is 15.4 Å². The molecule has 4 aromatic rings. The molecule has 0 bridgehead atoms. The number of carbonyl (C=O) groups excluding carboxylic acids is 1. The number of pyridine rings is 3. The van der Waals surface area contributed by atoms with Gasteiger partial charge in [-0.15, -0.1) is 0 Å². The summed E-state index contributed by atoms with van der Waals surface area (Å²) in [4.78, 5) is 36.6. The molecule has 0 spiro atoms. The van der Waals surface area contributed by atoms with E-state index in [0.717, 1.165) is 22.3 Å². The second kappa shape index (κ2) is 8.66. The quantitative estimate of drug-likeness (QED) is 0.432. The van der Waals surface area contributed by atoms with Gasteiger partial charge in [-0.2, -0.15) is 0 Å². The molecule has 4 aromatic heterocycles. The lowest BCUT2D eigenvalue weighted by atomic mass is 10.0. The number of carboxylic acids is 1. The number of carboxylic acid groups (broad SMARTS) is 1. The van der Waals surface area contributed by atoms with Crippen LogP contribution in [0.4, 0.5) is 0 Å². The predicted molar refractivity (Wildman–Crippen MR) is 125 cm³/mol. The number of aromatic nitrogens is 4. The van der Waals surface area contributed by atoms with E-state index >= 15 is 0 Å². The number of hydrogen-bond donors (Lipinski definition) is 2. The SMILES string of the molecule is CC(=O)C(=C(C)N)c1cnc2c(-c3ccc(C(=O)O)nc3)cn([C@@H](C)c3ccccn3)c2c1. The summed E-state index contributed by atoms with van der Waals surface area (Å²) in [5.41, 5.74) is 11.3. The van der Waals surface area contributed by atoms with Gasteiger partial charge in [0.2, 0.25) is 0 Å². The van der Waals surface area contributed by atoms with Crippen molar-refractivity contribution in [2.24, 2.45) is 5.73 Å². The Hall–Kier alpha value is -4.33. The van der Waals surface area contributed by atoms with E-state index in [1.165, 1.54) is 19.2 Å². The topological polar surface area (TPSA) is 124 Å². The zero-order valence-electron chi connectivity index (χ0n) is 18.5. The molecule has 0 unspecified atom stereocenters. The van der Waals surface area contributed by atoms with E-state index in [2.05, 4.69) is 15.0 Å². The minimum atomic E-state index is -1.09. The molecule has 8 heteroatoms. The molecular formula is C25H23N5O3. The predicted octanol–water partition coefficient (Wildman–Crippen LogP) is 4.08. The molecule has 8 nitrogen and oxygen atoms in total. The Balaban J connectivity index is 1.95. The van der Waals surface area contributed by atoms with Crippen LogP contribution in [-0.2, 0) is 4.79 Å². The number of nitrogens with zero attached hydrogens (tertiary/aromatic N) is 4. The van der Waals surface area contributed by atoms with Crippen molar-refractivity contribution in [3.8, 4) is 11.1 Å². The van der Waals surface area contributed by atoms with Crippen LogP contribution >= 0.6 is 0 Å². The molecule has 0 aliphatic rings. The summed E-state index contributed by atoms with van der Waals surface area (Å²) in [7, 11) is 0. The van der Waals surface area contributed by atoms with Crippen molar-refractivity contribution in [2.45, 2.75) is 26.8 Å². The molecule has 0 aromatic carbocycles. The van der Waals surface area contributed by atoms with Crippen LogP contribution in [0.25, 0.3) is 27.7 Å². The zero-order chi connectivity index (χ0) is 23.7. The number of ketones is 1. The van der Waals surface area contributed by atoms with E-state index in [1.807, 2.05) is 42.0 Å². The van der Waals surface area contributed by atoms with Crippen LogP contribution in [0, 0.1) is 0 Å². The molecule has 4 heterocycles. The number of hydrogen-bond acceptors (Lipinski definition) is 6. The molecule has 0 saturated heterocycles. The van der Waals surface area contributed by atoms with E-state index in [0.29, 0.717) is 22.4 Å². The third-order valence-electron chi connectivity index (χ3n) is 5.53. The highest BCUT2D eigenvalue weighted by Gasteiger charge is 2.20. The van der Waals surface area contributed by atoms with Crippen LogP contribution in [0.2, 0.25) is 0 Å². The monoisotopic (exact) mass is 441 g/mol. The van der Waals surface area contributed by atoms with E-state index in [9.17, 15) is 9.59 Å². The van der Waals surface area contributed by atoms with Gasteiger partial charge in [-0.1, -0.05) is 12.1 Å². The van der Waals surface area contributed by atoms with Crippen molar-refractivity contribution in [1.82, 2.24) is 19.5 Å². The Morgan fingerprint density at radius 2 is 1.85 bits per heavy atom. The normalized spacial score (nSPS) is 12.9. The van der Waals surface area contributed by atoms with Crippen molar-refractivity contribution >= 4 is 28.4 Å². The maximum atomic E-state index is 12.2. The molecule has 0 saturated carbocycles. The maximum Gasteiger partial charge on any atom is 0.354 e. The van der Waals surface area contributed by atoms with Crippen molar-refractivity contribution < 1.29 is 14.7 Å². The molecule has 0 aliphatic carbocycles. The summed E-state index contributed by atoms with van der Waals surface area (Å²) in [6.07, 6.45) is 6.85. The highest BCUT2D eigenvalue weighted by atomic mass is 16.4.